The van der Waals surface area contributed by atoms with Gasteiger partial charge in [0.25, 0.3) is 0 Å². The molecule has 0 bridgehead atoms. The molecular weight excluding hydrogens is 233 g/mol. The number of aliphatic hydroxyl groups excluding tert-OH is 1. The number of aliphatic hydroxyl groups is 1. The Balaban J connectivity index is 1.81. The molecule has 0 saturated heterocycles. The lowest BCUT2D eigenvalue weighted by Gasteiger charge is -2.27. The van der Waals surface area contributed by atoms with Crippen LogP contribution in [0.4, 0.5) is 4.39 Å². The summed E-state index contributed by atoms with van der Waals surface area (Å²) in [6.07, 6.45) is 3.00. The minimum absolute atomic E-state index is 0.140. The first-order valence-corrected chi connectivity index (χ1v) is 6.46. The average Bonchev–Trinajstić information content (AvgIpc) is 2.38. The number of rotatable bonds is 4. The number of halogens is 1. The minimum atomic E-state index is -0.901. The molecule has 2 rings (SSSR count). The quantitative estimate of drug-likeness (QED) is 0.864. The molecule has 1 unspecified atom stereocenters. The zero-order valence-corrected chi connectivity index (χ0v) is 10.4. The van der Waals surface area contributed by atoms with Gasteiger partial charge in [0.05, 0.1) is 12.7 Å². The molecular formula is C14H20FNO2. The van der Waals surface area contributed by atoms with Crippen LogP contribution in [-0.4, -0.2) is 23.9 Å². The van der Waals surface area contributed by atoms with Crippen LogP contribution in [0.5, 0.6) is 0 Å². The summed E-state index contributed by atoms with van der Waals surface area (Å²) in [6, 6.07) is 6.52. The van der Waals surface area contributed by atoms with E-state index >= 15 is 0 Å². The fourth-order valence-electron chi connectivity index (χ4n) is 2.32. The van der Waals surface area contributed by atoms with Crippen molar-refractivity contribution in [3.8, 4) is 0 Å². The average molecular weight is 253 g/mol. The highest BCUT2D eigenvalue weighted by Crippen LogP contribution is 2.22. The molecule has 0 spiro atoms. The second-order valence-corrected chi connectivity index (χ2v) is 4.91. The summed E-state index contributed by atoms with van der Waals surface area (Å²) in [5, 5.41) is 9.89. The van der Waals surface area contributed by atoms with Crippen molar-refractivity contribution < 1.29 is 14.2 Å². The van der Waals surface area contributed by atoms with Gasteiger partial charge in [-0.1, -0.05) is 18.2 Å². The van der Waals surface area contributed by atoms with E-state index in [1.165, 1.54) is 6.07 Å². The zero-order valence-electron chi connectivity index (χ0n) is 10.4. The van der Waals surface area contributed by atoms with Gasteiger partial charge in [0.1, 0.15) is 11.9 Å². The number of hydrogen-bond donors (Lipinski definition) is 2. The van der Waals surface area contributed by atoms with Crippen molar-refractivity contribution in [1.29, 1.82) is 0 Å². The highest BCUT2D eigenvalue weighted by Gasteiger charge is 2.21. The third-order valence-corrected chi connectivity index (χ3v) is 3.47. The minimum Gasteiger partial charge on any atom is -0.386 e. The molecule has 1 fully saturated rings. The predicted octanol–water partition coefficient (Wildman–Crippen LogP) is 2.15. The molecule has 0 radical (unpaired) electrons. The van der Waals surface area contributed by atoms with E-state index in [9.17, 15) is 9.50 Å². The van der Waals surface area contributed by atoms with Crippen molar-refractivity contribution in [2.24, 2.45) is 5.73 Å². The lowest BCUT2D eigenvalue weighted by Crippen LogP contribution is -2.31. The molecule has 3 N–H and O–H groups in total. The standard InChI is InChI=1S/C14H20FNO2/c15-13-4-2-1-3-12(13)14(17)9-18-11-7-5-10(16)6-8-11/h1-4,10-11,14,17H,5-9,16H2. The Morgan fingerprint density at radius 1 is 1.28 bits per heavy atom. The maximum atomic E-state index is 13.4. The Bertz CT molecular complexity index is 378. The summed E-state index contributed by atoms with van der Waals surface area (Å²) in [6.45, 7) is 0.140. The first-order valence-electron chi connectivity index (χ1n) is 6.46. The summed E-state index contributed by atoms with van der Waals surface area (Å²) in [5.41, 5.74) is 6.11. The van der Waals surface area contributed by atoms with Gasteiger partial charge in [-0.25, -0.2) is 4.39 Å². The Morgan fingerprint density at radius 3 is 2.61 bits per heavy atom. The molecule has 1 saturated carbocycles. The normalized spacial score (nSPS) is 25.9. The lowest BCUT2D eigenvalue weighted by atomic mass is 9.94. The second-order valence-electron chi connectivity index (χ2n) is 4.91. The molecule has 0 aromatic heterocycles. The van der Waals surface area contributed by atoms with Crippen LogP contribution in [0.2, 0.25) is 0 Å². The van der Waals surface area contributed by atoms with Gasteiger partial charge in [-0.05, 0) is 31.7 Å². The molecule has 0 heterocycles. The van der Waals surface area contributed by atoms with Gasteiger partial charge in [0, 0.05) is 11.6 Å². The molecule has 18 heavy (non-hydrogen) atoms. The van der Waals surface area contributed by atoms with E-state index in [1.807, 2.05) is 0 Å². The largest absolute Gasteiger partial charge is 0.386 e. The maximum absolute atomic E-state index is 13.4. The summed E-state index contributed by atoms with van der Waals surface area (Å²) < 4.78 is 19.1. The molecule has 1 aliphatic carbocycles. The maximum Gasteiger partial charge on any atom is 0.129 e. The number of benzene rings is 1. The number of hydrogen-bond acceptors (Lipinski definition) is 3. The van der Waals surface area contributed by atoms with Crippen LogP contribution in [-0.2, 0) is 4.74 Å². The van der Waals surface area contributed by atoms with Crippen LogP contribution in [0.3, 0.4) is 0 Å². The Morgan fingerprint density at radius 2 is 1.94 bits per heavy atom. The first-order chi connectivity index (χ1) is 8.66. The van der Waals surface area contributed by atoms with E-state index in [4.69, 9.17) is 10.5 Å². The Kier molecular flexibility index (Phi) is 4.69. The third kappa shape index (κ3) is 3.51. The van der Waals surface area contributed by atoms with Crippen LogP contribution in [0, 0.1) is 5.82 Å². The Labute approximate surface area is 107 Å². The van der Waals surface area contributed by atoms with E-state index in [-0.39, 0.29) is 24.6 Å². The molecule has 100 valence electrons. The molecule has 1 aromatic carbocycles. The Hall–Kier alpha value is -0.970. The number of ether oxygens (including phenoxy) is 1. The van der Waals surface area contributed by atoms with Crippen LogP contribution in [0.15, 0.2) is 24.3 Å². The van der Waals surface area contributed by atoms with Crippen LogP contribution in [0.25, 0.3) is 0 Å². The first kappa shape index (κ1) is 13.5. The summed E-state index contributed by atoms with van der Waals surface area (Å²) >= 11 is 0. The number of nitrogens with two attached hydrogens (primary N) is 1. The van der Waals surface area contributed by atoms with Crippen molar-refractivity contribution in [2.75, 3.05) is 6.61 Å². The van der Waals surface area contributed by atoms with Crippen LogP contribution in [0.1, 0.15) is 37.4 Å². The van der Waals surface area contributed by atoms with Gasteiger partial charge in [0.2, 0.25) is 0 Å². The topological polar surface area (TPSA) is 55.5 Å². The molecule has 3 nitrogen and oxygen atoms in total. The predicted molar refractivity (Wildman–Crippen MR) is 67.5 cm³/mol. The van der Waals surface area contributed by atoms with E-state index in [1.54, 1.807) is 18.2 Å². The van der Waals surface area contributed by atoms with E-state index in [2.05, 4.69) is 0 Å². The third-order valence-electron chi connectivity index (χ3n) is 3.47. The van der Waals surface area contributed by atoms with Gasteiger partial charge >= 0.3 is 0 Å². The van der Waals surface area contributed by atoms with Gasteiger partial charge < -0.3 is 15.6 Å². The monoisotopic (exact) mass is 253 g/mol. The van der Waals surface area contributed by atoms with Crippen molar-refractivity contribution in [2.45, 2.75) is 43.9 Å². The molecule has 1 aromatic rings. The van der Waals surface area contributed by atoms with Crippen molar-refractivity contribution in [1.82, 2.24) is 0 Å². The fraction of sp³-hybridized carbons (Fsp3) is 0.571. The SMILES string of the molecule is NC1CCC(OCC(O)c2ccccc2F)CC1. The van der Waals surface area contributed by atoms with Gasteiger partial charge in [-0.15, -0.1) is 0 Å². The smallest absolute Gasteiger partial charge is 0.129 e. The highest BCUT2D eigenvalue weighted by molar-refractivity contribution is 5.19. The van der Waals surface area contributed by atoms with E-state index in [0.29, 0.717) is 5.56 Å². The molecule has 1 atom stereocenters. The van der Waals surface area contributed by atoms with Crippen molar-refractivity contribution in [3.63, 3.8) is 0 Å². The van der Waals surface area contributed by atoms with Gasteiger partial charge in [-0.3, -0.25) is 0 Å². The molecule has 0 aliphatic heterocycles. The van der Waals surface area contributed by atoms with Crippen molar-refractivity contribution >= 4 is 0 Å². The lowest BCUT2D eigenvalue weighted by molar-refractivity contribution is -0.0272. The molecule has 4 heteroatoms. The van der Waals surface area contributed by atoms with Crippen LogP contribution < -0.4 is 5.73 Å². The summed E-state index contributed by atoms with van der Waals surface area (Å²) in [4.78, 5) is 0. The van der Waals surface area contributed by atoms with E-state index in [0.717, 1.165) is 25.7 Å². The van der Waals surface area contributed by atoms with Crippen molar-refractivity contribution in [3.05, 3.63) is 35.6 Å². The van der Waals surface area contributed by atoms with Gasteiger partial charge in [0.15, 0.2) is 0 Å². The van der Waals surface area contributed by atoms with Gasteiger partial charge in [-0.2, -0.15) is 0 Å². The van der Waals surface area contributed by atoms with E-state index < -0.39 is 6.10 Å². The highest BCUT2D eigenvalue weighted by atomic mass is 19.1. The summed E-state index contributed by atoms with van der Waals surface area (Å²) in [5.74, 6) is -0.390. The molecule has 1 aliphatic rings. The zero-order chi connectivity index (χ0) is 13.0. The van der Waals surface area contributed by atoms with Crippen LogP contribution >= 0.6 is 0 Å². The molecule has 0 amide bonds. The fourth-order valence-corrected chi connectivity index (χ4v) is 2.32. The second kappa shape index (κ2) is 6.27. The summed E-state index contributed by atoms with van der Waals surface area (Å²) in [7, 11) is 0.